The number of esters is 2. The standard InChI is InChI=1S/C25H41O4PSi2/c1-23(2,3)25-16-13-12-14(31(6,7)8)15(13)20-24(19(16)25,32(9,10)11)17(21(26)28-4)18(30(20)25)22(27)29-5/h13-16,19-20H,12H2,1-11H3/t13-,14-,15-,16+,19+,20+,24-,25+,30?/m0/s1. The summed E-state index contributed by atoms with van der Waals surface area (Å²) in [6.07, 6.45) is 1.38. The van der Waals surface area contributed by atoms with Crippen LogP contribution in [0.25, 0.3) is 0 Å². The fourth-order valence-corrected chi connectivity index (χ4v) is 23.0. The Kier molecular flexibility index (Phi) is 4.52. The van der Waals surface area contributed by atoms with Crippen LogP contribution in [0.1, 0.15) is 27.2 Å². The van der Waals surface area contributed by atoms with Crippen molar-refractivity contribution in [2.24, 2.45) is 29.1 Å². The third-order valence-electron chi connectivity index (χ3n) is 10.4. The van der Waals surface area contributed by atoms with Crippen LogP contribution in [0.15, 0.2) is 10.9 Å². The second-order valence-electron chi connectivity index (χ2n) is 14.2. The molecule has 3 aliphatic carbocycles. The van der Waals surface area contributed by atoms with Gasteiger partial charge >= 0.3 is 11.9 Å². The van der Waals surface area contributed by atoms with Crippen molar-refractivity contribution in [3.63, 3.8) is 0 Å². The first kappa shape index (κ1) is 23.3. The predicted octanol–water partition coefficient (Wildman–Crippen LogP) is 5.93. The Bertz CT molecular complexity index is 952. The minimum absolute atomic E-state index is 0.115. The molecule has 6 bridgehead atoms. The van der Waals surface area contributed by atoms with Gasteiger partial charge in [0.2, 0.25) is 0 Å². The highest BCUT2D eigenvalue weighted by atomic mass is 31.1. The smallest absolute Gasteiger partial charge is 0.338 e. The van der Waals surface area contributed by atoms with Crippen LogP contribution in [0, 0.1) is 29.1 Å². The van der Waals surface area contributed by atoms with Crippen molar-refractivity contribution in [3.05, 3.63) is 10.9 Å². The second-order valence-corrected chi connectivity index (χ2v) is 27.5. The molecule has 0 radical (unpaired) electrons. The molecule has 0 N–H and O–H groups in total. The van der Waals surface area contributed by atoms with Crippen LogP contribution in [0.5, 0.6) is 0 Å². The van der Waals surface area contributed by atoms with Crippen molar-refractivity contribution in [2.45, 2.75) is 87.9 Å². The van der Waals surface area contributed by atoms with Gasteiger partial charge in [-0.25, -0.2) is 9.59 Å². The predicted molar refractivity (Wildman–Crippen MR) is 136 cm³/mol. The quantitative estimate of drug-likeness (QED) is 0.277. The molecule has 0 aromatic rings. The lowest BCUT2D eigenvalue weighted by atomic mass is 9.60. The van der Waals surface area contributed by atoms with Crippen LogP contribution in [0.3, 0.4) is 0 Å². The molecule has 9 atom stereocenters. The van der Waals surface area contributed by atoms with Gasteiger partial charge in [0.1, 0.15) is 0 Å². The molecule has 7 heteroatoms. The van der Waals surface area contributed by atoms with Crippen LogP contribution in [0.2, 0.25) is 49.9 Å². The molecule has 2 saturated heterocycles. The normalized spacial score (nSPS) is 45.9. The van der Waals surface area contributed by atoms with Gasteiger partial charge in [-0.2, -0.15) is 0 Å². The number of carbonyl (C=O) groups excluding carboxylic acids is 2. The summed E-state index contributed by atoms with van der Waals surface area (Å²) in [5.74, 6) is 2.17. The molecule has 3 saturated carbocycles. The van der Waals surface area contributed by atoms with Crippen LogP contribution >= 0.6 is 7.92 Å². The van der Waals surface area contributed by atoms with E-state index in [1.54, 1.807) is 0 Å². The molecule has 32 heavy (non-hydrogen) atoms. The zero-order valence-corrected chi connectivity index (χ0v) is 24.6. The molecule has 0 aromatic heterocycles. The molecule has 3 aliphatic heterocycles. The Morgan fingerprint density at radius 3 is 2.00 bits per heavy atom. The first-order valence-corrected chi connectivity index (χ1v) is 20.8. The SMILES string of the molecule is COC(=O)C1=C(C(=O)OC)[C@@]2([Si](C)(C)C)[C@H]3[C@H]4[C@H](C[C@@H]4[Si](C)(C)C)[C@@H]4[C@H]2[C@]4(C(C)(C)C)P13. The number of rotatable bonds is 4. The zero-order chi connectivity index (χ0) is 24.0. The summed E-state index contributed by atoms with van der Waals surface area (Å²) in [7, 11) is -1.08. The van der Waals surface area contributed by atoms with Crippen molar-refractivity contribution in [2.75, 3.05) is 14.2 Å². The van der Waals surface area contributed by atoms with Gasteiger partial charge in [0, 0.05) is 18.3 Å². The molecular weight excluding hydrogens is 451 g/mol. The van der Waals surface area contributed by atoms with Crippen LogP contribution in [0.4, 0.5) is 0 Å². The number of hydrogen-bond donors (Lipinski definition) is 0. The van der Waals surface area contributed by atoms with E-state index in [9.17, 15) is 9.59 Å². The Balaban J connectivity index is 1.83. The third-order valence-corrected chi connectivity index (χ3v) is 21.1. The number of carbonyl (C=O) groups is 2. The van der Waals surface area contributed by atoms with Crippen LogP contribution in [-0.4, -0.2) is 53.1 Å². The highest BCUT2D eigenvalue weighted by Crippen LogP contribution is 3.06. The summed E-state index contributed by atoms with van der Waals surface area (Å²) in [6.45, 7) is 22.1. The van der Waals surface area contributed by atoms with Gasteiger partial charge in [-0.1, -0.05) is 68.0 Å². The fraction of sp³-hybridized carbons (Fsp3) is 0.840. The van der Waals surface area contributed by atoms with Crippen molar-refractivity contribution in [1.82, 2.24) is 0 Å². The summed E-state index contributed by atoms with van der Waals surface area (Å²) in [6, 6.07) is 0. The van der Waals surface area contributed by atoms with E-state index in [1.165, 1.54) is 20.6 Å². The number of hydrogen-bond acceptors (Lipinski definition) is 4. The van der Waals surface area contributed by atoms with Gasteiger partial charge < -0.3 is 9.47 Å². The minimum Gasteiger partial charge on any atom is -0.466 e. The lowest BCUT2D eigenvalue weighted by Gasteiger charge is -2.65. The van der Waals surface area contributed by atoms with Crippen molar-refractivity contribution in [3.8, 4) is 0 Å². The second kappa shape index (κ2) is 6.21. The molecule has 6 aliphatic rings. The van der Waals surface area contributed by atoms with E-state index >= 15 is 0 Å². The lowest BCUT2D eigenvalue weighted by Crippen LogP contribution is -2.61. The number of methoxy groups -OCH3 is 2. The van der Waals surface area contributed by atoms with E-state index in [4.69, 9.17) is 9.47 Å². The summed E-state index contributed by atoms with van der Waals surface area (Å²) < 4.78 is 10.8. The van der Waals surface area contributed by atoms with Gasteiger partial charge in [-0.15, -0.1) is 0 Å². The van der Waals surface area contributed by atoms with Crippen molar-refractivity contribution in [1.29, 1.82) is 0 Å². The summed E-state index contributed by atoms with van der Waals surface area (Å²) in [5.41, 5.74) is 2.16. The third kappa shape index (κ3) is 2.16. The van der Waals surface area contributed by atoms with Gasteiger partial charge in [0.25, 0.3) is 0 Å². The van der Waals surface area contributed by atoms with E-state index in [0.29, 0.717) is 23.4 Å². The lowest BCUT2D eigenvalue weighted by molar-refractivity contribution is -0.139. The monoisotopic (exact) mass is 492 g/mol. The summed E-state index contributed by atoms with van der Waals surface area (Å²) in [5, 5.41) is 0.808. The average molecular weight is 493 g/mol. The Morgan fingerprint density at radius 2 is 1.56 bits per heavy atom. The Hall–Kier alpha value is -0.456. The average Bonchev–Trinajstić information content (AvgIpc) is 3.13. The highest BCUT2D eigenvalue weighted by Gasteiger charge is 2.97. The topological polar surface area (TPSA) is 52.6 Å². The minimum atomic E-state index is -1.94. The van der Waals surface area contributed by atoms with Crippen molar-refractivity contribution < 1.29 is 19.1 Å². The molecule has 0 spiro atoms. The largest absolute Gasteiger partial charge is 0.466 e. The van der Waals surface area contributed by atoms with E-state index in [1.807, 2.05) is 0 Å². The maximum absolute atomic E-state index is 13.5. The zero-order valence-electron chi connectivity index (χ0n) is 21.8. The molecule has 3 heterocycles. The van der Waals surface area contributed by atoms with Crippen LogP contribution < -0.4 is 0 Å². The maximum atomic E-state index is 13.5. The van der Waals surface area contributed by atoms with Crippen molar-refractivity contribution >= 4 is 36.0 Å². The summed E-state index contributed by atoms with van der Waals surface area (Å²) >= 11 is 0. The summed E-state index contributed by atoms with van der Waals surface area (Å²) in [4.78, 5) is 27.0. The highest BCUT2D eigenvalue weighted by molar-refractivity contribution is 7.68. The Morgan fingerprint density at radius 1 is 1.00 bits per heavy atom. The van der Waals surface area contributed by atoms with E-state index in [0.717, 1.165) is 22.3 Å². The van der Waals surface area contributed by atoms with Gasteiger partial charge in [-0.3, -0.25) is 0 Å². The molecule has 6 rings (SSSR count). The molecular formula is C25H41O4PSi2. The van der Waals surface area contributed by atoms with E-state index in [2.05, 4.69) is 60.1 Å². The molecule has 5 fully saturated rings. The van der Waals surface area contributed by atoms with Gasteiger partial charge in [0.15, 0.2) is 0 Å². The molecule has 1 unspecified atom stereocenters. The van der Waals surface area contributed by atoms with Gasteiger partial charge in [-0.05, 0) is 46.7 Å². The van der Waals surface area contributed by atoms with E-state index < -0.39 is 24.1 Å². The molecule has 4 nitrogen and oxygen atoms in total. The first-order valence-electron chi connectivity index (χ1n) is 12.3. The fourth-order valence-electron chi connectivity index (χ4n) is 9.71. The Labute approximate surface area is 197 Å². The molecule has 0 aromatic carbocycles. The van der Waals surface area contributed by atoms with Crippen LogP contribution in [-0.2, 0) is 19.1 Å². The maximum Gasteiger partial charge on any atom is 0.338 e. The van der Waals surface area contributed by atoms with Gasteiger partial charge in [0.05, 0.1) is 33.2 Å². The number of ether oxygens (including phenoxy) is 2. The van der Waals surface area contributed by atoms with E-state index in [-0.39, 0.29) is 27.5 Å². The first-order chi connectivity index (χ1) is 14.6. The molecule has 178 valence electrons. The molecule has 0 amide bonds.